The smallest absolute Gasteiger partial charge is 0.320 e. The van der Waals surface area contributed by atoms with E-state index < -0.39 is 0 Å². The fourth-order valence-electron chi connectivity index (χ4n) is 3.73. The van der Waals surface area contributed by atoms with Crippen LogP contribution in [0.3, 0.4) is 0 Å². The molecule has 0 unspecified atom stereocenters. The molecule has 1 saturated heterocycles. The second-order valence-electron chi connectivity index (χ2n) is 6.28. The Kier molecular flexibility index (Phi) is 3.57. The zero-order valence-corrected chi connectivity index (χ0v) is 11.3. The number of esters is 1. The molecule has 18 heavy (non-hydrogen) atoms. The molecule has 3 fully saturated rings. The van der Waals surface area contributed by atoms with Gasteiger partial charge in [-0.3, -0.25) is 9.69 Å². The van der Waals surface area contributed by atoms with Crippen molar-refractivity contribution in [2.75, 3.05) is 39.8 Å². The van der Waals surface area contributed by atoms with Gasteiger partial charge >= 0.3 is 5.97 Å². The summed E-state index contributed by atoms with van der Waals surface area (Å²) in [4.78, 5) is 16.5. The number of nitrogens with zero attached hydrogens (tertiary/aromatic N) is 2. The van der Waals surface area contributed by atoms with Crippen LogP contribution in [0.4, 0.5) is 0 Å². The molecule has 0 aromatic carbocycles. The molecule has 4 nitrogen and oxygen atoms in total. The summed E-state index contributed by atoms with van der Waals surface area (Å²) in [6.07, 6.45) is 5.30. The molecule has 4 heteroatoms. The molecule has 102 valence electrons. The normalized spacial score (nSPS) is 37.1. The fraction of sp³-hybridized carbons (Fsp3) is 0.929. The van der Waals surface area contributed by atoms with Crippen molar-refractivity contribution >= 4 is 5.97 Å². The standard InChI is InChI=1S/C14H24N2O2/c1-15-4-6-16(7-5-15)10-14(17)18-13-9-11-2-3-12(13)8-11/h11-13H,2-10H2,1H3/t11-,12+,13-/m1/s1. The van der Waals surface area contributed by atoms with Crippen LogP contribution in [0.5, 0.6) is 0 Å². The van der Waals surface area contributed by atoms with Crippen molar-refractivity contribution in [2.24, 2.45) is 11.8 Å². The van der Waals surface area contributed by atoms with E-state index in [0.29, 0.717) is 12.5 Å². The van der Waals surface area contributed by atoms with Crippen LogP contribution in [0.1, 0.15) is 25.7 Å². The van der Waals surface area contributed by atoms with Crippen LogP contribution in [0.25, 0.3) is 0 Å². The van der Waals surface area contributed by atoms with Gasteiger partial charge < -0.3 is 9.64 Å². The molecule has 3 aliphatic rings. The third-order valence-electron chi connectivity index (χ3n) is 4.90. The first-order chi connectivity index (χ1) is 8.70. The van der Waals surface area contributed by atoms with Gasteiger partial charge in [0.05, 0.1) is 6.54 Å². The lowest BCUT2D eigenvalue weighted by atomic mass is 9.98. The second-order valence-corrected chi connectivity index (χ2v) is 6.28. The van der Waals surface area contributed by atoms with Crippen molar-refractivity contribution in [3.63, 3.8) is 0 Å². The summed E-state index contributed by atoms with van der Waals surface area (Å²) in [6, 6.07) is 0. The van der Waals surface area contributed by atoms with Crippen LogP contribution in [0.2, 0.25) is 0 Å². The molecule has 3 rings (SSSR count). The molecule has 0 aromatic rings. The van der Waals surface area contributed by atoms with E-state index in [0.717, 1.165) is 38.5 Å². The quantitative estimate of drug-likeness (QED) is 0.701. The summed E-state index contributed by atoms with van der Waals surface area (Å²) >= 11 is 0. The molecule has 0 aromatic heterocycles. The van der Waals surface area contributed by atoms with E-state index in [-0.39, 0.29) is 12.1 Å². The monoisotopic (exact) mass is 252 g/mol. The van der Waals surface area contributed by atoms with Gasteiger partial charge in [-0.25, -0.2) is 0 Å². The third kappa shape index (κ3) is 2.69. The van der Waals surface area contributed by atoms with Gasteiger partial charge in [0.2, 0.25) is 0 Å². The van der Waals surface area contributed by atoms with Crippen LogP contribution in [-0.4, -0.2) is 61.6 Å². The van der Waals surface area contributed by atoms with Crippen molar-refractivity contribution in [1.82, 2.24) is 9.80 Å². The highest BCUT2D eigenvalue weighted by Gasteiger charge is 2.41. The topological polar surface area (TPSA) is 32.8 Å². The Labute approximate surface area is 109 Å². The number of hydrogen-bond acceptors (Lipinski definition) is 4. The first-order valence-electron chi connectivity index (χ1n) is 7.31. The Morgan fingerprint density at radius 1 is 1.17 bits per heavy atom. The Hall–Kier alpha value is -0.610. The summed E-state index contributed by atoms with van der Waals surface area (Å²) in [6.45, 7) is 4.58. The van der Waals surface area contributed by atoms with Gasteiger partial charge in [0.25, 0.3) is 0 Å². The number of likely N-dealkylation sites (N-methyl/N-ethyl adjacent to an activating group) is 1. The summed E-state index contributed by atoms with van der Waals surface area (Å²) in [7, 11) is 2.13. The van der Waals surface area contributed by atoms with Gasteiger partial charge in [-0.15, -0.1) is 0 Å². The highest BCUT2D eigenvalue weighted by atomic mass is 16.5. The van der Waals surface area contributed by atoms with E-state index in [1.165, 1.54) is 19.3 Å². The largest absolute Gasteiger partial charge is 0.461 e. The van der Waals surface area contributed by atoms with Gasteiger partial charge in [-0.2, -0.15) is 0 Å². The Balaban J connectivity index is 1.42. The summed E-state index contributed by atoms with van der Waals surface area (Å²) in [5, 5.41) is 0. The van der Waals surface area contributed by atoms with Crippen LogP contribution < -0.4 is 0 Å². The molecule has 1 heterocycles. The van der Waals surface area contributed by atoms with E-state index in [4.69, 9.17) is 4.74 Å². The predicted molar refractivity (Wildman–Crippen MR) is 69.3 cm³/mol. The summed E-state index contributed by atoms with van der Waals surface area (Å²) in [5.74, 6) is 1.51. The Morgan fingerprint density at radius 2 is 1.94 bits per heavy atom. The molecule has 0 spiro atoms. The molecule has 2 aliphatic carbocycles. The zero-order valence-electron chi connectivity index (χ0n) is 11.3. The molecular weight excluding hydrogens is 228 g/mol. The average molecular weight is 252 g/mol. The number of hydrogen-bond donors (Lipinski definition) is 0. The number of carbonyl (C=O) groups excluding carboxylic acids is 1. The van der Waals surface area contributed by atoms with Crippen LogP contribution in [0, 0.1) is 11.8 Å². The first kappa shape index (κ1) is 12.4. The number of ether oxygens (including phenoxy) is 1. The molecule has 0 amide bonds. The summed E-state index contributed by atoms with van der Waals surface area (Å²) in [5.41, 5.74) is 0. The van der Waals surface area contributed by atoms with Gasteiger partial charge in [0.15, 0.2) is 0 Å². The Bertz CT molecular complexity index is 313. The zero-order chi connectivity index (χ0) is 12.5. The van der Waals surface area contributed by atoms with E-state index >= 15 is 0 Å². The van der Waals surface area contributed by atoms with Crippen molar-refractivity contribution in [3.05, 3.63) is 0 Å². The molecule has 3 atom stereocenters. The minimum Gasteiger partial charge on any atom is -0.461 e. The average Bonchev–Trinajstić information content (AvgIpc) is 2.94. The van der Waals surface area contributed by atoms with E-state index in [9.17, 15) is 4.79 Å². The van der Waals surface area contributed by atoms with Crippen molar-refractivity contribution in [3.8, 4) is 0 Å². The lowest BCUT2D eigenvalue weighted by Gasteiger charge is -2.32. The van der Waals surface area contributed by atoms with Crippen LogP contribution in [-0.2, 0) is 9.53 Å². The van der Waals surface area contributed by atoms with E-state index in [2.05, 4.69) is 16.8 Å². The van der Waals surface area contributed by atoms with Crippen LogP contribution in [0.15, 0.2) is 0 Å². The third-order valence-corrected chi connectivity index (χ3v) is 4.90. The lowest BCUT2D eigenvalue weighted by molar-refractivity contribution is -0.153. The Morgan fingerprint density at radius 3 is 2.56 bits per heavy atom. The van der Waals surface area contributed by atoms with Crippen molar-refractivity contribution in [2.45, 2.75) is 31.8 Å². The minimum absolute atomic E-state index is 0.00268. The van der Waals surface area contributed by atoms with Gasteiger partial charge in [-0.1, -0.05) is 0 Å². The van der Waals surface area contributed by atoms with Crippen molar-refractivity contribution in [1.29, 1.82) is 0 Å². The molecule has 0 N–H and O–H groups in total. The van der Waals surface area contributed by atoms with Gasteiger partial charge in [-0.05, 0) is 44.6 Å². The maximum atomic E-state index is 11.9. The van der Waals surface area contributed by atoms with Crippen molar-refractivity contribution < 1.29 is 9.53 Å². The first-order valence-corrected chi connectivity index (χ1v) is 7.31. The number of piperazine rings is 1. The number of carbonyl (C=O) groups is 1. The highest BCUT2D eigenvalue weighted by Crippen LogP contribution is 2.45. The molecular formula is C14H24N2O2. The van der Waals surface area contributed by atoms with Crippen LogP contribution >= 0.6 is 0 Å². The molecule has 0 radical (unpaired) electrons. The predicted octanol–water partition coefficient (Wildman–Crippen LogP) is 0.966. The highest BCUT2D eigenvalue weighted by molar-refractivity contribution is 5.72. The fourth-order valence-corrected chi connectivity index (χ4v) is 3.73. The molecule has 1 aliphatic heterocycles. The molecule has 2 bridgehead atoms. The minimum atomic E-state index is -0.00268. The molecule has 2 saturated carbocycles. The maximum absolute atomic E-state index is 11.9. The van der Waals surface area contributed by atoms with E-state index in [1.807, 2.05) is 0 Å². The SMILES string of the molecule is CN1CCN(CC(=O)O[C@@H]2C[C@@H]3CC[C@H]2C3)CC1. The van der Waals surface area contributed by atoms with Gasteiger partial charge in [0, 0.05) is 26.2 Å². The lowest BCUT2D eigenvalue weighted by Crippen LogP contribution is -2.46. The maximum Gasteiger partial charge on any atom is 0.320 e. The second kappa shape index (κ2) is 5.17. The van der Waals surface area contributed by atoms with E-state index in [1.54, 1.807) is 0 Å². The summed E-state index contributed by atoms with van der Waals surface area (Å²) < 4.78 is 5.68. The number of fused-ring (bicyclic) bond motifs is 2. The number of rotatable bonds is 3. The van der Waals surface area contributed by atoms with Gasteiger partial charge in [0.1, 0.15) is 6.10 Å².